The molecule has 2 unspecified atom stereocenters. The highest BCUT2D eigenvalue weighted by Crippen LogP contribution is 2.39. The van der Waals surface area contributed by atoms with E-state index < -0.39 is 12.1 Å². The number of rotatable bonds is 9. The summed E-state index contributed by atoms with van der Waals surface area (Å²) in [7, 11) is 1.67. The van der Waals surface area contributed by atoms with Crippen molar-refractivity contribution in [1.82, 2.24) is 10.6 Å². The van der Waals surface area contributed by atoms with Gasteiger partial charge in [-0.25, -0.2) is 0 Å². The second-order valence-electron chi connectivity index (χ2n) is 5.57. The van der Waals surface area contributed by atoms with Crippen LogP contribution in [0.3, 0.4) is 0 Å². The summed E-state index contributed by atoms with van der Waals surface area (Å²) >= 11 is 0. The molecule has 20 heavy (non-hydrogen) atoms. The van der Waals surface area contributed by atoms with E-state index in [0.717, 1.165) is 32.5 Å². The van der Waals surface area contributed by atoms with Gasteiger partial charge in [-0.1, -0.05) is 6.42 Å². The van der Waals surface area contributed by atoms with Crippen LogP contribution < -0.4 is 10.6 Å². The molecule has 1 fully saturated rings. The maximum atomic E-state index is 12.7. The molecule has 2 atom stereocenters. The fourth-order valence-corrected chi connectivity index (χ4v) is 2.72. The Bertz CT molecular complexity index is 249. The van der Waals surface area contributed by atoms with E-state index in [0.29, 0.717) is 32.4 Å². The van der Waals surface area contributed by atoms with Crippen molar-refractivity contribution in [3.05, 3.63) is 0 Å². The minimum Gasteiger partial charge on any atom is -0.383 e. The van der Waals surface area contributed by atoms with Crippen LogP contribution in [0.4, 0.5) is 13.2 Å². The average molecular weight is 296 g/mol. The summed E-state index contributed by atoms with van der Waals surface area (Å²) in [5, 5.41) is 6.52. The van der Waals surface area contributed by atoms with Gasteiger partial charge in [-0.2, -0.15) is 13.2 Å². The lowest BCUT2D eigenvalue weighted by atomic mass is 9.81. The zero-order chi connectivity index (χ0) is 14.8. The smallest absolute Gasteiger partial charge is 0.383 e. The molecule has 6 heteroatoms. The number of alkyl halides is 3. The Morgan fingerprint density at radius 2 is 1.85 bits per heavy atom. The van der Waals surface area contributed by atoms with Gasteiger partial charge >= 0.3 is 6.18 Å². The first kappa shape index (κ1) is 17.7. The minimum atomic E-state index is -4.01. The molecule has 1 aliphatic rings. The van der Waals surface area contributed by atoms with Gasteiger partial charge in [0.05, 0.1) is 12.5 Å². The third kappa shape index (κ3) is 7.45. The maximum Gasteiger partial charge on any atom is 0.391 e. The molecule has 0 aromatic heterocycles. The third-order valence-electron chi connectivity index (χ3n) is 3.87. The highest BCUT2D eigenvalue weighted by molar-refractivity contribution is 4.78. The Morgan fingerprint density at radius 3 is 2.55 bits per heavy atom. The van der Waals surface area contributed by atoms with Gasteiger partial charge in [-0.3, -0.25) is 0 Å². The zero-order valence-corrected chi connectivity index (χ0v) is 12.3. The second kappa shape index (κ2) is 9.58. The fraction of sp³-hybridized carbons (Fsp3) is 1.00. The van der Waals surface area contributed by atoms with Crippen LogP contribution in [0.2, 0.25) is 0 Å². The van der Waals surface area contributed by atoms with Crippen molar-refractivity contribution in [2.24, 2.45) is 11.8 Å². The molecule has 1 aliphatic carbocycles. The van der Waals surface area contributed by atoms with E-state index in [4.69, 9.17) is 4.74 Å². The Balaban J connectivity index is 2.01. The summed E-state index contributed by atoms with van der Waals surface area (Å²) < 4.78 is 42.9. The van der Waals surface area contributed by atoms with E-state index >= 15 is 0 Å². The summed E-state index contributed by atoms with van der Waals surface area (Å²) in [5.41, 5.74) is 0. The molecule has 0 spiro atoms. The van der Waals surface area contributed by atoms with Crippen molar-refractivity contribution in [2.75, 3.05) is 39.9 Å². The first-order valence-electron chi connectivity index (χ1n) is 7.51. The number of ether oxygens (including phenoxy) is 1. The number of hydrogen-bond donors (Lipinski definition) is 2. The van der Waals surface area contributed by atoms with E-state index in [1.54, 1.807) is 7.11 Å². The van der Waals surface area contributed by atoms with Gasteiger partial charge in [0.2, 0.25) is 0 Å². The Morgan fingerprint density at radius 1 is 1.10 bits per heavy atom. The molecule has 1 rings (SSSR count). The minimum absolute atomic E-state index is 0.178. The molecular formula is C14H27F3N2O. The summed E-state index contributed by atoms with van der Waals surface area (Å²) in [6.07, 6.45) is -0.796. The first-order chi connectivity index (χ1) is 9.54. The van der Waals surface area contributed by atoms with Crippen molar-refractivity contribution in [2.45, 2.75) is 38.3 Å². The summed E-state index contributed by atoms with van der Waals surface area (Å²) in [4.78, 5) is 0. The Labute approximate surface area is 119 Å². The van der Waals surface area contributed by atoms with E-state index in [-0.39, 0.29) is 5.92 Å². The molecular weight excluding hydrogens is 269 g/mol. The van der Waals surface area contributed by atoms with Crippen LogP contribution in [0.25, 0.3) is 0 Å². The SMILES string of the molecule is COCCNCCCNCC1CCCC(C(F)(F)F)C1. The largest absolute Gasteiger partial charge is 0.391 e. The monoisotopic (exact) mass is 296 g/mol. The zero-order valence-electron chi connectivity index (χ0n) is 12.3. The predicted octanol–water partition coefficient (Wildman–Crippen LogP) is 2.57. The predicted molar refractivity (Wildman–Crippen MR) is 73.7 cm³/mol. The lowest BCUT2D eigenvalue weighted by Crippen LogP contribution is -2.34. The molecule has 0 saturated heterocycles. The molecule has 0 heterocycles. The van der Waals surface area contributed by atoms with Crippen LogP contribution in [-0.2, 0) is 4.74 Å². The number of hydrogen-bond acceptors (Lipinski definition) is 3. The van der Waals surface area contributed by atoms with Crippen LogP contribution in [0, 0.1) is 11.8 Å². The summed E-state index contributed by atoms with van der Waals surface area (Å²) in [5.74, 6) is -0.907. The van der Waals surface area contributed by atoms with Crippen molar-refractivity contribution < 1.29 is 17.9 Å². The van der Waals surface area contributed by atoms with Gasteiger partial charge < -0.3 is 15.4 Å². The molecule has 0 aromatic carbocycles. The van der Waals surface area contributed by atoms with Crippen molar-refractivity contribution in [3.8, 4) is 0 Å². The quantitative estimate of drug-likeness (QED) is 0.642. The molecule has 3 nitrogen and oxygen atoms in total. The van der Waals surface area contributed by atoms with Crippen molar-refractivity contribution >= 4 is 0 Å². The van der Waals surface area contributed by atoms with Crippen LogP contribution in [0.5, 0.6) is 0 Å². The molecule has 0 amide bonds. The highest BCUT2D eigenvalue weighted by Gasteiger charge is 2.41. The van der Waals surface area contributed by atoms with Gasteiger partial charge in [0.25, 0.3) is 0 Å². The van der Waals surface area contributed by atoms with Gasteiger partial charge in [0.15, 0.2) is 0 Å². The lowest BCUT2D eigenvalue weighted by Gasteiger charge is -2.30. The van der Waals surface area contributed by atoms with E-state index in [9.17, 15) is 13.2 Å². The highest BCUT2D eigenvalue weighted by atomic mass is 19.4. The molecule has 0 aliphatic heterocycles. The van der Waals surface area contributed by atoms with E-state index in [1.165, 1.54) is 0 Å². The summed E-state index contributed by atoms with van der Waals surface area (Å²) in [6, 6.07) is 0. The van der Waals surface area contributed by atoms with Gasteiger partial charge in [-0.15, -0.1) is 0 Å². The van der Waals surface area contributed by atoms with Crippen LogP contribution in [0.15, 0.2) is 0 Å². The number of methoxy groups -OCH3 is 1. The Kier molecular flexibility index (Phi) is 8.49. The average Bonchev–Trinajstić information content (AvgIpc) is 2.41. The Hall–Kier alpha value is -0.330. The second-order valence-corrected chi connectivity index (χ2v) is 5.57. The van der Waals surface area contributed by atoms with Gasteiger partial charge in [0, 0.05) is 13.7 Å². The molecule has 0 aromatic rings. The van der Waals surface area contributed by atoms with E-state index in [2.05, 4.69) is 10.6 Å². The van der Waals surface area contributed by atoms with Crippen LogP contribution in [-0.4, -0.2) is 46.1 Å². The topological polar surface area (TPSA) is 33.3 Å². The number of nitrogens with one attached hydrogen (secondary N) is 2. The van der Waals surface area contributed by atoms with Gasteiger partial charge in [-0.05, 0) is 51.2 Å². The maximum absolute atomic E-state index is 12.7. The normalized spacial score (nSPS) is 24.0. The summed E-state index contributed by atoms with van der Waals surface area (Å²) in [6.45, 7) is 4.02. The van der Waals surface area contributed by atoms with Crippen LogP contribution >= 0.6 is 0 Å². The third-order valence-corrected chi connectivity index (χ3v) is 3.87. The molecule has 120 valence electrons. The standard InChI is InChI=1S/C14H27F3N2O/c1-20-9-8-18-6-3-7-19-11-12-4-2-5-13(10-12)14(15,16)17/h12-13,18-19H,2-11H2,1H3. The van der Waals surface area contributed by atoms with Crippen molar-refractivity contribution in [1.29, 1.82) is 0 Å². The van der Waals surface area contributed by atoms with Crippen LogP contribution in [0.1, 0.15) is 32.1 Å². The molecule has 1 saturated carbocycles. The first-order valence-corrected chi connectivity index (χ1v) is 7.51. The molecule has 2 N–H and O–H groups in total. The molecule has 0 radical (unpaired) electrons. The number of halogens is 3. The van der Waals surface area contributed by atoms with Crippen molar-refractivity contribution in [3.63, 3.8) is 0 Å². The van der Waals surface area contributed by atoms with Gasteiger partial charge in [0.1, 0.15) is 0 Å². The van der Waals surface area contributed by atoms with E-state index in [1.807, 2.05) is 0 Å². The lowest BCUT2D eigenvalue weighted by molar-refractivity contribution is -0.185. The fourth-order valence-electron chi connectivity index (χ4n) is 2.72. The molecule has 0 bridgehead atoms.